The summed E-state index contributed by atoms with van der Waals surface area (Å²) in [5, 5.41) is 9.25. The molecule has 0 aliphatic heterocycles. The molecule has 4 rings (SSSR count). The highest BCUT2D eigenvalue weighted by Gasteiger charge is 2.31. The number of halogens is 4. The van der Waals surface area contributed by atoms with Crippen molar-refractivity contribution < 1.29 is 40.6 Å². The monoisotopic (exact) mass is 513 g/mol. The van der Waals surface area contributed by atoms with Crippen molar-refractivity contribution in [3.8, 4) is 16.2 Å². The minimum Gasteiger partial charge on any atom is -0.481 e. The number of hydrogen-bond acceptors (Lipinski definition) is 5. The molecule has 0 unspecified atom stereocenters. The molecule has 12 heteroatoms. The van der Waals surface area contributed by atoms with E-state index in [0.717, 1.165) is 39.6 Å². The number of alkyl halides is 3. The van der Waals surface area contributed by atoms with Gasteiger partial charge in [-0.15, -0.1) is 24.5 Å². The Labute approximate surface area is 194 Å². The summed E-state index contributed by atoms with van der Waals surface area (Å²) in [4.78, 5) is 11.4. The van der Waals surface area contributed by atoms with Gasteiger partial charge in [0.2, 0.25) is 0 Å². The van der Waals surface area contributed by atoms with E-state index in [1.165, 1.54) is 36.5 Å². The molecule has 2 aromatic heterocycles. The summed E-state index contributed by atoms with van der Waals surface area (Å²) in [7, 11) is -4.17. The van der Waals surface area contributed by atoms with Crippen LogP contribution in [0, 0.1) is 5.82 Å². The molecule has 1 N–H and O–H groups in total. The van der Waals surface area contributed by atoms with Crippen LogP contribution in [-0.4, -0.2) is 29.8 Å². The topological polar surface area (TPSA) is 85.6 Å². The molecule has 0 aliphatic rings. The van der Waals surface area contributed by atoms with E-state index in [4.69, 9.17) is 5.11 Å². The molecule has 0 saturated heterocycles. The Morgan fingerprint density at radius 1 is 1.09 bits per heavy atom. The number of aryl methyl sites for hydroxylation is 1. The van der Waals surface area contributed by atoms with Crippen molar-refractivity contribution in [1.82, 2.24) is 3.97 Å². The average molecular weight is 513 g/mol. The number of carboxylic acid groups (broad SMARTS) is 1. The average Bonchev–Trinajstić information content (AvgIpc) is 3.37. The van der Waals surface area contributed by atoms with Crippen LogP contribution in [0.2, 0.25) is 0 Å². The zero-order valence-electron chi connectivity index (χ0n) is 17.0. The lowest BCUT2D eigenvalue weighted by Gasteiger charge is -2.09. The molecule has 0 saturated carbocycles. The standard InChI is InChI=1S/C22H15F4NO5S2/c23-15-5-6-18-17(11-15)14(4-8-20(28)29)12-27(18)34(30,31)21-9-7-19(33-21)13-2-1-3-16(10-13)32-22(24,25)26/h1-3,5-7,9-12H,4,8H2,(H,28,29). The SMILES string of the molecule is O=C(O)CCc1cn(S(=O)(=O)c2ccc(-c3cccc(OC(F)(F)F)c3)s2)c2ccc(F)cc12. The fourth-order valence-electron chi connectivity index (χ4n) is 3.44. The predicted molar refractivity (Wildman–Crippen MR) is 117 cm³/mol. The number of nitrogens with zero attached hydrogens (tertiary/aromatic N) is 1. The molecular weight excluding hydrogens is 498 g/mol. The number of benzene rings is 2. The molecule has 0 fully saturated rings. The van der Waals surface area contributed by atoms with Crippen LogP contribution >= 0.6 is 11.3 Å². The molecule has 2 heterocycles. The second kappa shape index (κ2) is 8.76. The van der Waals surface area contributed by atoms with Crippen molar-refractivity contribution in [2.24, 2.45) is 0 Å². The number of thiophene rings is 1. The zero-order chi connectivity index (χ0) is 24.7. The van der Waals surface area contributed by atoms with Crippen molar-refractivity contribution in [2.45, 2.75) is 23.4 Å². The van der Waals surface area contributed by atoms with E-state index in [-0.39, 0.29) is 28.0 Å². The first-order valence-electron chi connectivity index (χ1n) is 9.67. The Bertz CT molecular complexity index is 1490. The van der Waals surface area contributed by atoms with Gasteiger partial charge in [0.1, 0.15) is 15.8 Å². The molecule has 178 valence electrons. The van der Waals surface area contributed by atoms with Crippen molar-refractivity contribution in [1.29, 1.82) is 0 Å². The number of hydrogen-bond donors (Lipinski definition) is 1. The summed E-state index contributed by atoms with van der Waals surface area (Å²) in [6, 6.07) is 11.5. The van der Waals surface area contributed by atoms with Crippen LogP contribution < -0.4 is 4.74 Å². The normalized spacial score (nSPS) is 12.2. The maximum atomic E-state index is 13.8. The lowest BCUT2D eigenvalue weighted by Crippen LogP contribution is -2.17. The predicted octanol–water partition coefficient (Wildman–Crippen LogP) is 5.66. The van der Waals surface area contributed by atoms with Gasteiger partial charge in [0.15, 0.2) is 0 Å². The Kier molecular flexibility index (Phi) is 6.13. The third-order valence-corrected chi connectivity index (χ3v) is 8.15. The van der Waals surface area contributed by atoms with Gasteiger partial charge >= 0.3 is 12.3 Å². The maximum absolute atomic E-state index is 13.8. The van der Waals surface area contributed by atoms with Gasteiger partial charge in [-0.2, -0.15) is 8.42 Å². The van der Waals surface area contributed by atoms with Gasteiger partial charge in [0, 0.05) is 22.9 Å². The highest BCUT2D eigenvalue weighted by Crippen LogP contribution is 2.36. The van der Waals surface area contributed by atoms with E-state index in [1.807, 2.05) is 0 Å². The van der Waals surface area contributed by atoms with Gasteiger partial charge in [0.25, 0.3) is 10.0 Å². The molecular formula is C22H15F4NO5S2. The Morgan fingerprint density at radius 2 is 1.85 bits per heavy atom. The Morgan fingerprint density at radius 3 is 2.56 bits per heavy atom. The largest absolute Gasteiger partial charge is 0.573 e. The smallest absolute Gasteiger partial charge is 0.481 e. The number of carboxylic acids is 1. The first-order valence-corrected chi connectivity index (χ1v) is 11.9. The van der Waals surface area contributed by atoms with Crippen LogP contribution in [0.3, 0.4) is 0 Å². The number of rotatable bonds is 7. The Hall–Kier alpha value is -3.38. The summed E-state index contributed by atoms with van der Waals surface area (Å²) < 4.78 is 82.9. The third-order valence-electron chi connectivity index (χ3n) is 4.87. The number of aliphatic carboxylic acids is 1. The third kappa shape index (κ3) is 4.92. The second-order valence-electron chi connectivity index (χ2n) is 7.20. The van der Waals surface area contributed by atoms with Crippen LogP contribution in [0.15, 0.2) is 65.0 Å². The fourth-order valence-corrected chi connectivity index (χ4v) is 6.22. The van der Waals surface area contributed by atoms with Crippen LogP contribution in [-0.2, 0) is 21.2 Å². The summed E-state index contributed by atoms with van der Waals surface area (Å²) in [5.74, 6) is -2.12. The molecule has 0 bridgehead atoms. The molecule has 4 aromatic rings. The van der Waals surface area contributed by atoms with Crippen molar-refractivity contribution >= 4 is 38.2 Å². The second-order valence-corrected chi connectivity index (χ2v) is 10.3. The van der Waals surface area contributed by atoms with Gasteiger partial charge in [-0.3, -0.25) is 4.79 Å². The van der Waals surface area contributed by atoms with E-state index < -0.39 is 33.9 Å². The van der Waals surface area contributed by atoms with Gasteiger partial charge in [-0.1, -0.05) is 12.1 Å². The van der Waals surface area contributed by atoms with Gasteiger partial charge in [-0.05, 0) is 60.0 Å². The maximum Gasteiger partial charge on any atom is 0.573 e. The molecule has 0 aliphatic carbocycles. The van der Waals surface area contributed by atoms with Crippen LogP contribution in [0.1, 0.15) is 12.0 Å². The van der Waals surface area contributed by atoms with Gasteiger partial charge in [0.05, 0.1) is 5.52 Å². The zero-order valence-corrected chi connectivity index (χ0v) is 18.7. The van der Waals surface area contributed by atoms with E-state index in [1.54, 1.807) is 0 Å². The molecule has 0 spiro atoms. The van der Waals surface area contributed by atoms with Gasteiger partial charge < -0.3 is 9.84 Å². The molecule has 2 aromatic carbocycles. The lowest BCUT2D eigenvalue weighted by atomic mass is 10.1. The van der Waals surface area contributed by atoms with E-state index in [2.05, 4.69) is 4.74 Å². The molecule has 0 radical (unpaired) electrons. The first-order chi connectivity index (χ1) is 15.9. The molecule has 34 heavy (non-hydrogen) atoms. The van der Waals surface area contributed by atoms with Crippen LogP contribution in [0.5, 0.6) is 5.75 Å². The molecule has 0 atom stereocenters. The van der Waals surface area contributed by atoms with Crippen LogP contribution in [0.4, 0.5) is 17.6 Å². The summed E-state index contributed by atoms with van der Waals surface area (Å²) in [5.41, 5.74) is 0.862. The van der Waals surface area contributed by atoms with Crippen molar-refractivity contribution in [3.05, 3.63) is 72.2 Å². The number of ether oxygens (including phenoxy) is 1. The fraction of sp³-hybridized carbons (Fsp3) is 0.136. The summed E-state index contributed by atoms with van der Waals surface area (Å²) in [6.45, 7) is 0. The lowest BCUT2D eigenvalue weighted by molar-refractivity contribution is -0.274. The van der Waals surface area contributed by atoms with Crippen molar-refractivity contribution in [2.75, 3.05) is 0 Å². The van der Waals surface area contributed by atoms with Gasteiger partial charge in [-0.25, -0.2) is 8.36 Å². The molecule has 6 nitrogen and oxygen atoms in total. The van der Waals surface area contributed by atoms with Crippen molar-refractivity contribution in [3.63, 3.8) is 0 Å². The van der Waals surface area contributed by atoms with Crippen LogP contribution in [0.25, 0.3) is 21.3 Å². The minimum atomic E-state index is -4.87. The van der Waals surface area contributed by atoms with E-state index in [0.29, 0.717) is 16.0 Å². The first kappa shape index (κ1) is 23.8. The van der Waals surface area contributed by atoms with E-state index >= 15 is 0 Å². The highest BCUT2D eigenvalue weighted by molar-refractivity contribution is 7.92. The summed E-state index contributed by atoms with van der Waals surface area (Å²) >= 11 is 0.840. The quantitative estimate of drug-likeness (QED) is 0.322. The van der Waals surface area contributed by atoms with E-state index in [9.17, 15) is 30.8 Å². The molecule has 0 amide bonds. The number of aromatic nitrogens is 1. The number of fused-ring (bicyclic) bond motifs is 1. The number of carbonyl (C=O) groups is 1. The Balaban J connectivity index is 1.73. The highest BCUT2D eigenvalue weighted by atomic mass is 32.2. The minimum absolute atomic E-state index is 0.000501. The summed E-state index contributed by atoms with van der Waals surface area (Å²) in [6.07, 6.45) is -3.87.